The molecule has 0 saturated carbocycles. The van der Waals surface area contributed by atoms with Crippen molar-refractivity contribution in [2.24, 2.45) is 0 Å². The van der Waals surface area contributed by atoms with Crippen molar-refractivity contribution < 1.29 is 12.8 Å². The Morgan fingerprint density at radius 3 is 2.83 bits per heavy atom. The molecule has 0 unspecified atom stereocenters. The molecule has 0 atom stereocenters. The van der Waals surface area contributed by atoms with Crippen molar-refractivity contribution in [3.05, 3.63) is 58.5 Å². The highest BCUT2D eigenvalue weighted by molar-refractivity contribution is 9.10. The van der Waals surface area contributed by atoms with E-state index < -0.39 is 10.0 Å². The van der Waals surface area contributed by atoms with Crippen LogP contribution in [0.15, 0.2) is 55.7 Å². The number of rotatable bonds is 5. The molecule has 0 bridgehead atoms. The van der Waals surface area contributed by atoms with Gasteiger partial charge in [0.05, 0.1) is 11.1 Å². The number of benzene rings is 1. The van der Waals surface area contributed by atoms with Crippen LogP contribution < -0.4 is 4.72 Å². The first-order chi connectivity index (χ1) is 10.9. The van der Waals surface area contributed by atoms with Crippen LogP contribution >= 0.6 is 27.3 Å². The average molecular weight is 413 g/mol. The van der Waals surface area contributed by atoms with Crippen molar-refractivity contribution in [3.63, 3.8) is 0 Å². The van der Waals surface area contributed by atoms with Gasteiger partial charge in [-0.3, -0.25) is 0 Å². The summed E-state index contributed by atoms with van der Waals surface area (Å²) in [5.41, 5.74) is 0.880. The van der Waals surface area contributed by atoms with E-state index in [-0.39, 0.29) is 10.8 Å². The summed E-state index contributed by atoms with van der Waals surface area (Å²) in [6.07, 6.45) is 1.59. The molecular formula is C15H13BrN2O3S2. The summed E-state index contributed by atoms with van der Waals surface area (Å²) in [6, 6.07) is 10.8. The number of aromatic nitrogens is 1. The number of aryl methyl sites for hydroxylation is 1. The summed E-state index contributed by atoms with van der Waals surface area (Å²) in [5, 5.41) is 0. The van der Waals surface area contributed by atoms with Gasteiger partial charge in [0.1, 0.15) is 4.21 Å². The van der Waals surface area contributed by atoms with Gasteiger partial charge in [0.25, 0.3) is 0 Å². The topological polar surface area (TPSA) is 72.2 Å². The van der Waals surface area contributed by atoms with Gasteiger partial charge in [0, 0.05) is 17.9 Å². The second kappa shape index (κ2) is 6.56. The van der Waals surface area contributed by atoms with Crippen molar-refractivity contribution in [1.29, 1.82) is 0 Å². The Morgan fingerprint density at radius 2 is 2.13 bits per heavy atom. The van der Waals surface area contributed by atoms with Gasteiger partial charge in [0.15, 0.2) is 11.7 Å². The number of nitrogens with zero attached hydrogens (tertiary/aromatic N) is 1. The average Bonchev–Trinajstić information content (AvgIpc) is 3.14. The minimum Gasteiger partial charge on any atom is -0.440 e. The minimum atomic E-state index is -3.56. The molecule has 0 radical (unpaired) electrons. The van der Waals surface area contributed by atoms with Crippen molar-refractivity contribution in [2.45, 2.75) is 17.7 Å². The van der Waals surface area contributed by atoms with E-state index in [2.05, 4.69) is 25.6 Å². The van der Waals surface area contributed by atoms with E-state index in [4.69, 9.17) is 4.42 Å². The summed E-state index contributed by atoms with van der Waals surface area (Å²) in [5.74, 6) is 1.12. The van der Waals surface area contributed by atoms with Crippen molar-refractivity contribution in [1.82, 2.24) is 9.71 Å². The van der Waals surface area contributed by atoms with E-state index in [1.54, 1.807) is 25.3 Å². The number of halogens is 1. The lowest BCUT2D eigenvalue weighted by Gasteiger charge is -2.05. The Kier molecular flexibility index (Phi) is 4.67. The first kappa shape index (κ1) is 16.4. The minimum absolute atomic E-state index is 0.233. The summed E-state index contributed by atoms with van der Waals surface area (Å²) < 4.78 is 33.9. The van der Waals surface area contributed by atoms with Gasteiger partial charge in [0.2, 0.25) is 10.0 Å². The van der Waals surface area contributed by atoms with Crippen LogP contribution in [0.2, 0.25) is 0 Å². The zero-order chi connectivity index (χ0) is 16.4. The van der Waals surface area contributed by atoms with E-state index in [0.717, 1.165) is 26.3 Å². The molecule has 3 rings (SSSR count). The predicted octanol–water partition coefficient (Wildman–Crippen LogP) is 3.95. The molecular weight excluding hydrogens is 400 g/mol. The molecule has 0 aliphatic heterocycles. The second-order valence-corrected chi connectivity index (χ2v) is 8.81. The Balaban J connectivity index is 1.76. The number of oxazole rings is 1. The molecule has 0 amide bonds. The maximum Gasteiger partial charge on any atom is 0.250 e. The van der Waals surface area contributed by atoms with Gasteiger partial charge in [-0.05, 0) is 29.8 Å². The first-order valence-electron chi connectivity index (χ1n) is 6.71. The first-order valence-corrected chi connectivity index (χ1v) is 9.80. The van der Waals surface area contributed by atoms with Crippen LogP contribution in [0.25, 0.3) is 10.6 Å². The Labute approximate surface area is 146 Å². The van der Waals surface area contributed by atoms with Crippen LogP contribution in [0.4, 0.5) is 0 Å². The molecule has 5 nitrogen and oxygen atoms in total. The quantitative estimate of drug-likeness (QED) is 0.688. The van der Waals surface area contributed by atoms with E-state index in [0.29, 0.717) is 11.7 Å². The Morgan fingerprint density at radius 1 is 1.30 bits per heavy atom. The van der Waals surface area contributed by atoms with Crippen molar-refractivity contribution in [3.8, 4) is 10.6 Å². The zero-order valence-electron chi connectivity index (χ0n) is 12.1. The van der Waals surface area contributed by atoms with Crippen LogP contribution in [0.3, 0.4) is 0 Å². The number of thiophene rings is 1. The molecule has 0 aliphatic rings. The Bertz CT molecular complexity index is 932. The van der Waals surface area contributed by atoms with Gasteiger partial charge < -0.3 is 4.42 Å². The third-order valence-corrected chi connectivity index (χ3v) is 6.55. The maximum atomic E-state index is 12.4. The maximum absolute atomic E-state index is 12.4. The van der Waals surface area contributed by atoms with Crippen LogP contribution in [0.5, 0.6) is 0 Å². The molecule has 2 heterocycles. The lowest BCUT2D eigenvalue weighted by atomic mass is 10.2. The lowest BCUT2D eigenvalue weighted by molar-refractivity contribution is 0.535. The largest absolute Gasteiger partial charge is 0.440 e. The van der Waals surface area contributed by atoms with Crippen LogP contribution in [-0.2, 0) is 16.6 Å². The summed E-state index contributed by atoms with van der Waals surface area (Å²) in [6.45, 7) is 1.98. The van der Waals surface area contributed by atoms with Gasteiger partial charge >= 0.3 is 0 Å². The van der Waals surface area contributed by atoms with Crippen LogP contribution in [0, 0.1) is 6.92 Å². The van der Waals surface area contributed by atoms with Crippen molar-refractivity contribution in [2.75, 3.05) is 0 Å². The molecule has 120 valence electrons. The third kappa shape index (κ3) is 3.89. The monoisotopic (exact) mass is 412 g/mol. The van der Waals surface area contributed by atoms with Crippen molar-refractivity contribution >= 4 is 37.3 Å². The molecule has 8 heteroatoms. The molecule has 1 aromatic carbocycles. The fourth-order valence-electron chi connectivity index (χ4n) is 1.97. The molecule has 0 fully saturated rings. The van der Waals surface area contributed by atoms with Crippen LogP contribution in [-0.4, -0.2) is 13.4 Å². The second-order valence-electron chi connectivity index (χ2n) is 4.82. The molecule has 1 N–H and O–H groups in total. The number of hydrogen-bond donors (Lipinski definition) is 1. The zero-order valence-corrected chi connectivity index (χ0v) is 15.3. The van der Waals surface area contributed by atoms with Gasteiger partial charge in [-0.1, -0.05) is 28.1 Å². The smallest absolute Gasteiger partial charge is 0.250 e. The standard InChI is InChI=1S/C15H13BrN2O3S2/c1-10-17-9-13(21-10)14-5-6-15(22-14)23(19,20)18-8-11-3-2-4-12(16)7-11/h2-7,9,18H,8H2,1H3. The molecule has 0 saturated heterocycles. The predicted molar refractivity (Wildman–Crippen MR) is 92.7 cm³/mol. The normalized spacial score (nSPS) is 11.7. The fraction of sp³-hybridized carbons (Fsp3) is 0.133. The molecule has 0 aliphatic carbocycles. The molecule has 23 heavy (non-hydrogen) atoms. The van der Waals surface area contributed by atoms with E-state index >= 15 is 0 Å². The van der Waals surface area contributed by atoms with Gasteiger partial charge in [-0.25, -0.2) is 18.1 Å². The number of nitrogens with one attached hydrogen (secondary N) is 1. The lowest BCUT2D eigenvalue weighted by Crippen LogP contribution is -2.22. The highest BCUT2D eigenvalue weighted by atomic mass is 79.9. The van der Waals surface area contributed by atoms with E-state index in [1.807, 2.05) is 24.3 Å². The molecule has 3 aromatic rings. The molecule has 0 spiro atoms. The SMILES string of the molecule is Cc1ncc(-c2ccc(S(=O)(=O)NCc3cccc(Br)c3)s2)o1. The van der Waals surface area contributed by atoms with Crippen LogP contribution in [0.1, 0.15) is 11.5 Å². The third-order valence-electron chi connectivity index (χ3n) is 3.07. The Hall–Kier alpha value is -1.48. The highest BCUT2D eigenvalue weighted by Gasteiger charge is 2.18. The molecule has 2 aromatic heterocycles. The number of sulfonamides is 1. The van der Waals surface area contributed by atoms with Gasteiger partial charge in [-0.2, -0.15) is 0 Å². The van der Waals surface area contributed by atoms with E-state index in [1.165, 1.54) is 0 Å². The van der Waals surface area contributed by atoms with Gasteiger partial charge in [-0.15, -0.1) is 11.3 Å². The highest BCUT2D eigenvalue weighted by Crippen LogP contribution is 2.31. The summed E-state index contributed by atoms with van der Waals surface area (Å²) in [4.78, 5) is 4.75. The van der Waals surface area contributed by atoms with E-state index in [9.17, 15) is 8.42 Å². The fourth-order valence-corrected chi connectivity index (χ4v) is 4.73. The number of hydrogen-bond acceptors (Lipinski definition) is 5. The summed E-state index contributed by atoms with van der Waals surface area (Å²) in [7, 11) is -3.56. The summed E-state index contributed by atoms with van der Waals surface area (Å²) >= 11 is 4.52.